The molecule has 0 N–H and O–H groups in total. The number of hydrogen-bond donors (Lipinski definition) is 0. The number of esters is 1. The molecule has 202 valence electrons. The van der Waals surface area contributed by atoms with Gasteiger partial charge in [-0.1, -0.05) is 45.0 Å². The van der Waals surface area contributed by atoms with Crippen LogP contribution in [0.2, 0.25) is 0 Å². The van der Waals surface area contributed by atoms with E-state index in [-0.39, 0.29) is 11.4 Å². The largest absolute Gasteiger partial charge is 0.494 e. The molecule has 3 rings (SSSR count). The Labute approximate surface area is 227 Å². The van der Waals surface area contributed by atoms with E-state index in [1.807, 2.05) is 43.3 Å². The topological polar surface area (TPSA) is 55.8 Å². The molecule has 0 unspecified atom stereocenters. The first kappa shape index (κ1) is 29.0. The lowest BCUT2D eigenvalue weighted by atomic mass is 9.83. The number of carbonyl (C=O) groups excluding carboxylic acids is 2. The van der Waals surface area contributed by atoms with Gasteiger partial charge in [0, 0.05) is 25.2 Å². The number of benzene rings is 3. The highest BCUT2D eigenvalue weighted by Gasteiger charge is 2.23. The fourth-order valence-electron chi connectivity index (χ4n) is 4.59. The summed E-state index contributed by atoms with van der Waals surface area (Å²) in [6.07, 6.45) is 2.11. The summed E-state index contributed by atoms with van der Waals surface area (Å²) in [7, 11) is 0. The van der Waals surface area contributed by atoms with Crippen molar-refractivity contribution in [2.24, 2.45) is 0 Å². The molecular weight excluding hydrogens is 474 g/mol. The van der Waals surface area contributed by atoms with Crippen molar-refractivity contribution in [1.82, 2.24) is 0 Å². The van der Waals surface area contributed by atoms with Crippen molar-refractivity contribution in [2.45, 2.75) is 59.8 Å². The average molecular weight is 516 g/mol. The monoisotopic (exact) mass is 515 g/mol. The summed E-state index contributed by atoms with van der Waals surface area (Å²) >= 11 is 0. The highest BCUT2D eigenvalue weighted by molar-refractivity contribution is 5.98. The second kappa shape index (κ2) is 13.3. The molecule has 0 saturated carbocycles. The molecule has 0 fully saturated rings. The fraction of sp³-hybridized carbons (Fsp3) is 0.394. The van der Waals surface area contributed by atoms with Crippen LogP contribution in [0.3, 0.4) is 0 Å². The van der Waals surface area contributed by atoms with Crippen LogP contribution in [-0.2, 0) is 14.9 Å². The van der Waals surface area contributed by atoms with Crippen LogP contribution in [0.4, 0.5) is 5.69 Å². The van der Waals surface area contributed by atoms with E-state index in [0.717, 1.165) is 47.4 Å². The molecule has 0 heterocycles. The van der Waals surface area contributed by atoms with Gasteiger partial charge in [0.25, 0.3) is 0 Å². The van der Waals surface area contributed by atoms with Gasteiger partial charge < -0.3 is 19.2 Å². The first-order valence-corrected chi connectivity index (χ1v) is 13.6. The Kier molecular flexibility index (Phi) is 10.1. The van der Waals surface area contributed by atoms with E-state index in [0.29, 0.717) is 31.6 Å². The summed E-state index contributed by atoms with van der Waals surface area (Å²) in [5.41, 5.74) is 6.83. The van der Waals surface area contributed by atoms with Gasteiger partial charge in [-0.05, 0) is 96.8 Å². The highest BCUT2D eigenvalue weighted by atomic mass is 16.5. The molecule has 0 aliphatic rings. The maximum Gasteiger partial charge on any atom is 0.338 e. The van der Waals surface area contributed by atoms with E-state index in [1.165, 1.54) is 11.3 Å². The predicted octanol–water partition coefficient (Wildman–Crippen LogP) is 7.70. The third-order valence-electron chi connectivity index (χ3n) is 6.66. The Hall–Kier alpha value is -3.60. The van der Waals surface area contributed by atoms with Crippen LogP contribution < -0.4 is 9.64 Å². The predicted molar refractivity (Wildman–Crippen MR) is 156 cm³/mol. The van der Waals surface area contributed by atoms with Crippen molar-refractivity contribution >= 4 is 17.9 Å². The van der Waals surface area contributed by atoms with Crippen molar-refractivity contribution in [3.8, 4) is 28.0 Å². The van der Waals surface area contributed by atoms with E-state index in [1.54, 1.807) is 0 Å². The molecule has 5 heteroatoms. The van der Waals surface area contributed by atoms with E-state index in [2.05, 4.69) is 63.8 Å². The fourth-order valence-corrected chi connectivity index (χ4v) is 4.59. The minimum absolute atomic E-state index is 0.0722. The first-order valence-electron chi connectivity index (χ1n) is 13.6. The SMILES string of the molecule is CCOC(=O)c1ccc(-c2ccc(OCCCC=O)cc2)cc1-c1ccc(N(CC)CC)c(C(C)(C)C)c1. The van der Waals surface area contributed by atoms with Crippen molar-refractivity contribution in [1.29, 1.82) is 0 Å². The van der Waals surface area contributed by atoms with Gasteiger partial charge in [0.05, 0.1) is 18.8 Å². The summed E-state index contributed by atoms with van der Waals surface area (Å²) in [5.74, 6) is 0.447. The number of ether oxygens (including phenoxy) is 2. The molecule has 5 nitrogen and oxygen atoms in total. The van der Waals surface area contributed by atoms with Gasteiger partial charge in [-0.15, -0.1) is 0 Å². The number of unbranched alkanes of at least 4 members (excludes halogenated alkanes) is 1. The number of nitrogens with zero attached hydrogens (tertiary/aromatic N) is 1. The molecule has 38 heavy (non-hydrogen) atoms. The van der Waals surface area contributed by atoms with Gasteiger partial charge in [0.2, 0.25) is 0 Å². The molecule has 3 aromatic carbocycles. The van der Waals surface area contributed by atoms with Gasteiger partial charge >= 0.3 is 5.97 Å². The molecule has 0 atom stereocenters. The number of carbonyl (C=O) groups is 2. The maximum atomic E-state index is 13.0. The second-order valence-corrected chi connectivity index (χ2v) is 10.3. The van der Waals surface area contributed by atoms with Crippen LogP contribution >= 0.6 is 0 Å². The zero-order chi connectivity index (χ0) is 27.7. The summed E-state index contributed by atoms with van der Waals surface area (Å²) in [5, 5.41) is 0. The molecule has 0 aliphatic heterocycles. The number of anilines is 1. The lowest BCUT2D eigenvalue weighted by molar-refractivity contribution is -0.108. The third-order valence-corrected chi connectivity index (χ3v) is 6.66. The van der Waals surface area contributed by atoms with E-state index in [9.17, 15) is 9.59 Å². The molecule has 0 bridgehead atoms. The minimum Gasteiger partial charge on any atom is -0.494 e. The minimum atomic E-state index is -0.321. The summed E-state index contributed by atoms with van der Waals surface area (Å²) in [6.45, 7) is 15.5. The van der Waals surface area contributed by atoms with Crippen LogP contribution in [0.1, 0.15) is 70.3 Å². The van der Waals surface area contributed by atoms with Gasteiger partial charge in [-0.3, -0.25) is 0 Å². The molecule has 0 aromatic heterocycles. The van der Waals surface area contributed by atoms with Gasteiger partial charge in [0.1, 0.15) is 12.0 Å². The van der Waals surface area contributed by atoms with Crippen LogP contribution in [0.15, 0.2) is 60.7 Å². The van der Waals surface area contributed by atoms with Crippen LogP contribution in [0, 0.1) is 0 Å². The Balaban J connectivity index is 2.07. The maximum absolute atomic E-state index is 13.0. The van der Waals surface area contributed by atoms with Crippen LogP contribution in [-0.4, -0.2) is 38.6 Å². The molecule has 0 aliphatic carbocycles. The highest BCUT2D eigenvalue weighted by Crippen LogP contribution is 2.38. The second-order valence-electron chi connectivity index (χ2n) is 10.3. The van der Waals surface area contributed by atoms with E-state index < -0.39 is 0 Å². The zero-order valence-electron chi connectivity index (χ0n) is 23.7. The Morgan fingerprint density at radius 1 is 0.868 bits per heavy atom. The van der Waals surface area contributed by atoms with Crippen molar-refractivity contribution in [3.05, 3.63) is 71.8 Å². The molecule has 0 saturated heterocycles. The summed E-state index contributed by atoms with van der Waals surface area (Å²) in [6, 6.07) is 20.3. The van der Waals surface area contributed by atoms with Gasteiger partial charge in [0.15, 0.2) is 0 Å². The summed E-state index contributed by atoms with van der Waals surface area (Å²) < 4.78 is 11.2. The van der Waals surface area contributed by atoms with Gasteiger partial charge in [-0.2, -0.15) is 0 Å². The Morgan fingerprint density at radius 3 is 2.13 bits per heavy atom. The van der Waals surface area contributed by atoms with E-state index >= 15 is 0 Å². The third kappa shape index (κ3) is 7.03. The Bertz CT molecular complexity index is 1220. The van der Waals surface area contributed by atoms with Crippen molar-refractivity contribution in [2.75, 3.05) is 31.2 Å². The standard InChI is InChI=1S/C33H41NO4/c1-7-34(8-2)31-19-15-26(23-30(31)33(4,5)6)29-22-25(14-18-28(29)32(36)37-9-3)24-12-16-27(17-13-24)38-21-11-10-20-35/h12-20,22-23H,7-11,21H2,1-6H3. The molecule has 0 spiro atoms. The van der Waals surface area contributed by atoms with E-state index in [4.69, 9.17) is 9.47 Å². The lowest BCUT2D eigenvalue weighted by Gasteiger charge is -2.31. The zero-order valence-corrected chi connectivity index (χ0v) is 23.7. The summed E-state index contributed by atoms with van der Waals surface area (Å²) in [4.78, 5) is 25.8. The van der Waals surface area contributed by atoms with Crippen LogP contribution in [0.25, 0.3) is 22.3 Å². The van der Waals surface area contributed by atoms with Crippen molar-refractivity contribution < 1.29 is 19.1 Å². The molecule has 0 radical (unpaired) electrons. The smallest absolute Gasteiger partial charge is 0.338 e. The normalized spacial score (nSPS) is 11.2. The average Bonchev–Trinajstić information content (AvgIpc) is 2.91. The quantitative estimate of drug-likeness (QED) is 0.141. The van der Waals surface area contributed by atoms with Crippen LogP contribution in [0.5, 0.6) is 5.75 Å². The number of aldehydes is 1. The molecule has 0 amide bonds. The molecular formula is C33H41NO4. The lowest BCUT2D eigenvalue weighted by Crippen LogP contribution is -2.26. The number of hydrogen-bond acceptors (Lipinski definition) is 5. The van der Waals surface area contributed by atoms with Crippen molar-refractivity contribution in [3.63, 3.8) is 0 Å². The first-order chi connectivity index (χ1) is 18.2. The van der Waals surface area contributed by atoms with Gasteiger partial charge in [-0.25, -0.2) is 4.79 Å². The Morgan fingerprint density at radius 2 is 1.53 bits per heavy atom. The number of rotatable bonds is 12. The molecule has 3 aromatic rings.